The molecule has 1 saturated carbocycles. The third kappa shape index (κ3) is 7.21. The van der Waals surface area contributed by atoms with Crippen LogP contribution < -0.4 is 0 Å². The number of hydrogen-bond donors (Lipinski definition) is 2. The number of likely N-dealkylation sites (tertiary alicyclic amines) is 1. The van der Waals surface area contributed by atoms with E-state index in [0.29, 0.717) is 17.8 Å². The Morgan fingerprint density at radius 1 is 1.17 bits per heavy atom. The van der Waals surface area contributed by atoms with Gasteiger partial charge in [-0.3, -0.25) is 0 Å². The lowest BCUT2D eigenvalue weighted by molar-refractivity contribution is 0.139. The maximum atomic E-state index is 10.6. The van der Waals surface area contributed by atoms with E-state index in [2.05, 4.69) is 30.9 Å². The van der Waals surface area contributed by atoms with E-state index in [1.165, 1.54) is 77.4 Å². The fourth-order valence-corrected chi connectivity index (χ4v) is 6.08. The van der Waals surface area contributed by atoms with Gasteiger partial charge in [0.1, 0.15) is 0 Å². The summed E-state index contributed by atoms with van der Waals surface area (Å²) in [6.07, 6.45) is 20.6. The number of aliphatic hydroxyl groups excluding tert-OH is 2. The van der Waals surface area contributed by atoms with Gasteiger partial charge in [-0.25, -0.2) is 0 Å². The van der Waals surface area contributed by atoms with Crippen molar-refractivity contribution < 1.29 is 10.2 Å². The molecule has 2 N–H and O–H groups in total. The van der Waals surface area contributed by atoms with Gasteiger partial charge in [0.05, 0.1) is 12.2 Å². The Morgan fingerprint density at radius 2 is 1.97 bits per heavy atom. The molecule has 30 heavy (non-hydrogen) atoms. The van der Waals surface area contributed by atoms with E-state index in [4.69, 9.17) is 0 Å². The molecule has 2 fully saturated rings. The zero-order valence-corrected chi connectivity index (χ0v) is 19.6. The van der Waals surface area contributed by atoms with Crippen LogP contribution in [0.2, 0.25) is 0 Å². The molecule has 1 saturated heterocycles. The van der Waals surface area contributed by atoms with Crippen molar-refractivity contribution in [2.75, 3.05) is 19.6 Å². The first-order valence-electron chi connectivity index (χ1n) is 13.0. The molecule has 1 aliphatic heterocycles. The highest BCUT2D eigenvalue weighted by Gasteiger charge is 2.43. The highest BCUT2D eigenvalue weighted by molar-refractivity contribution is 5.21. The van der Waals surface area contributed by atoms with Crippen LogP contribution in [0, 0.1) is 23.7 Å². The van der Waals surface area contributed by atoms with Crippen molar-refractivity contribution >= 4 is 0 Å². The standard InChI is InChI=1S/C27H47NO2/c1-3-4-10-21(2)17-24(29)12-13-25-26-19-22(18-23(26)20-27(25)30)11-6-5-7-14-28-15-8-9-16-28/h12-13,18,21,23-27,29-30H,3-11,14-17,19-20H2,1-2H3/t21-,23-,24+,25+,26-,27+/m0/s1. The summed E-state index contributed by atoms with van der Waals surface area (Å²) in [5, 5.41) is 21.0. The highest BCUT2D eigenvalue weighted by atomic mass is 16.3. The van der Waals surface area contributed by atoms with Gasteiger partial charge in [0.25, 0.3) is 0 Å². The summed E-state index contributed by atoms with van der Waals surface area (Å²) in [4.78, 5) is 2.62. The minimum absolute atomic E-state index is 0.222. The van der Waals surface area contributed by atoms with E-state index < -0.39 is 0 Å². The first kappa shape index (κ1) is 24.0. The normalized spacial score (nSPS) is 31.4. The maximum absolute atomic E-state index is 10.6. The molecular formula is C27H47NO2. The molecule has 0 aromatic rings. The quantitative estimate of drug-likeness (QED) is 0.297. The lowest BCUT2D eigenvalue weighted by atomic mass is 9.88. The van der Waals surface area contributed by atoms with Gasteiger partial charge < -0.3 is 15.1 Å². The van der Waals surface area contributed by atoms with Crippen LogP contribution in [0.4, 0.5) is 0 Å². The molecule has 0 aromatic carbocycles. The monoisotopic (exact) mass is 417 g/mol. The van der Waals surface area contributed by atoms with Crippen LogP contribution in [0.1, 0.15) is 90.9 Å². The third-order valence-electron chi connectivity index (χ3n) is 7.87. The largest absolute Gasteiger partial charge is 0.392 e. The van der Waals surface area contributed by atoms with Gasteiger partial charge in [-0.15, -0.1) is 0 Å². The lowest BCUT2D eigenvalue weighted by Gasteiger charge is -2.19. The number of unbranched alkanes of at least 4 members (excludes halogenated alkanes) is 3. The van der Waals surface area contributed by atoms with E-state index in [1.54, 1.807) is 5.57 Å². The zero-order chi connectivity index (χ0) is 21.3. The van der Waals surface area contributed by atoms with E-state index in [1.807, 2.05) is 6.08 Å². The summed E-state index contributed by atoms with van der Waals surface area (Å²) in [5.74, 6) is 1.89. The number of rotatable bonds is 13. The number of aliphatic hydroxyl groups is 2. The van der Waals surface area contributed by atoms with Crippen LogP contribution in [0.3, 0.4) is 0 Å². The van der Waals surface area contributed by atoms with Gasteiger partial charge in [-0.05, 0) is 88.8 Å². The fraction of sp³-hybridized carbons (Fsp3) is 0.852. The van der Waals surface area contributed by atoms with E-state index in [-0.39, 0.29) is 18.1 Å². The summed E-state index contributed by atoms with van der Waals surface area (Å²) in [5.41, 5.74) is 1.63. The average molecular weight is 418 g/mol. The molecule has 2 aliphatic carbocycles. The molecule has 0 aromatic heterocycles. The Hall–Kier alpha value is -0.640. The predicted molar refractivity (Wildman–Crippen MR) is 126 cm³/mol. The predicted octanol–water partition coefficient (Wildman–Crippen LogP) is 5.72. The Morgan fingerprint density at radius 3 is 2.73 bits per heavy atom. The summed E-state index contributed by atoms with van der Waals surface area (Å²) >= 11 is 0. The molecule has 0 amide bonds. The molecule has 3 heteroatoms. The van der Waals surface area contributed by atoms with Gasteiger partial charge in [0.2, 0.25) is 0 Å². The Balaban J connectivity index is 1.36. The molecule has 0 bridgehead atoms. The Kier molecular flexibility index (Phi) is 9.93. The minimum atomic E-state index is -0.368. The SMILES string of the molecule is CCCC[C@H](C)C[C@H](O)C=C[C@@H]1[C@H]2CC(CCCCCN3CCCC3)=C[C@H]2C[C@H]1O. The van der Waals surface area contributed by atoms with Gasteiger partial charge >= 0.3 is 0 Å². The van der Waals surface area contributed by atoms with E-state index in [0.717, 1.165) is 19.3 Å². The molecular weight excluding hydrogens is 370 g/mol. The number of nitrogens with zero attached hydrogens (tertiary/aromatic N) is 1. The highest BCUT2D eigenvalue weighted by Crippen LogP contribution is 2.48. The Labute approximate surface area is 185 Å². The molecule has 6 atom stereocenters. The second-order valence-electron chi connectivity index (χ2n) is 10.5. The maximum Gasteiger partial charge on any atom is 0.0723 e. The summed E-state index contributed by atoms with van der Waals surface area (Å²) in [6.45, 7) is 8.39. The van der Waals surface area contributed by atoms with Crippen LogP contribution in [0.15, 0.2) is 23.8 Å². The molecule has 3 nitrogen and oxygen atoms in total. The van der Waals surface area contributed by atoms with Crippen molar-refractivity contribution in [2.24, 2.45) is 23.7 Å². The van der Waals surface area contributed by atoms with Crippen molar-refractivity contribution in [3.05, 3.63) is 23.8 Å². The second-order valence-corrected chi connectivity index (χ2v) is 10.5. The summed E-state index contributed by atoms with van der Waals surface area (Å²) in [7, 11) is 0. The van der Waals surface area contributed by atoms with Gasteiger partial charge in [0, 0.05) is 5.92 Å². The number of fused-ring (bicyclic) bond motifs is 1. The van der Waals surface area contributed by atoms with Crippen LogP contribution in [-0.4, -0.2) is 47.0 Å². The molecule has 0 spiro atoms. The summed E-state index contributed by atoms with van der Waals surface area (Å²) < 4.78 is 0. The van der Waals surface area contributed by atoms with Crippen LogP contribution in [0.25, 0.3) is 0 Å². The van der Waals surface area contributed by atoms with E-state index in [9.17, 15) is 10.2 Å². The minimum Gasteiger partial charge on any atom is -0.392 e. The van der Waals surface area contributed by atoms with Gasteiger partial charge in [0.15, 0.2) is 0 Å². The number of hydrogen-bond acceptors (Lipinski definition) is 3. The molecule has 3 rings (SSSR count). The lowest BCUT2D eigenvalue weighted by Crippen LogP contribution is -2.20. The smallest absolute Gasteiger partial charge is 0.0723 e. The molecule has 0 radical (unpaired) electrons. The second kappa shape index (κ2) is 12.4. The van der Waals surface area contributed by atoms with Crippen LogP contribution in [-0.2, 0) is 0 Å². The van der Waals surface area contributed by atoms with Crippen molar-refractivity contribution in [1.82, 2.24) is 4.90 Å². The van der Waals surface area contributed by atoms with Crippen molar-refractivity contribution in [3.8, 4) is 0 Å². The van der Waals surface area contributed by atoms with Crippen LogP contribution >= 0.6 is 0 Å². The first-order chi connectivity index (χ1) is 14.6. The average Bonchev–Trinajstić information content (AvgIpc) is 3.42. The fourth-order valence-electron chi connectivity index (χ4n) is 6.08. The summed E-state index contributed by atoms with van der Waals surface area (Å²) in [6, 6.07) is 0. The number of allylic oxidation sites excluding steroid dienone is 2. The molecule has 3 aliphatic rings. The van der Waals surface area contributed by atoms with Crippen molar-refractivity contribution in [1.29, 1.82) is 0 Å². The molecule has 1 heterocycles. The zero-order valence-electron chi connectivity index (χ0n) is 19.6. The van der Waals surface area contributed by atoms with Crippen molar-refractivity contribution in [2.45, 2.75) is 103 Å². The van der Waals surface area contributed by atoms with Crippen LogP contribution in [0.5, 0.6) is 0 Å². The van der Waals surface area contributed by atoms with Gasteiger partial charge in [-0.1, -0.05) is 63.3 Å². The van der Waals surface area contributed by atoms with E-state index >= 15 is 0 Å². The third-order valence-corrected chi connectivity index (χ3v) is 7.87. The van der Waals surface area contributed by atoms with Gasteiger partial charge in [-0.2, -0.15) is 0 Å². The molecule has 172 valence electrons. The van der Waals surface area contributed by atoms with Crippen molar-refractivity contribution in [3.63, 3.8) is 0 Å². The first-order valence-corrected chi connectivity index (χ1v) is 13.0. The Bertz CT molecular complexity index is 551. The molecule has 0 unspecified atom stereocenters. The topological polar surface area (TPSA) is 43.7 Å².